The summed E-state index contributed by atoms with van der Waals surface area (Å²) in [6.45, 7) is 0. The van der Waals surface area contributed by atoms with Crippen LogP contribution in [0.4, 0.5) is 10.5 Å². The van der Waals surface area contributed by atoms with Crippen LogP contribution in [0.3, 0.4) is 0 Å². The Morgan fingerprint density at radius 3 is 3.14 bits per heavy atom. The third-order valence-corrected chi connectivity index (χ3v) is 4.45. The number of thioether (sulfide) groups is 1. The average Bonchev–Trinajstić information content (AvgIpc) is 2.94. The second-order valence-electron chi connectivity index (χ2n) is 4.86. The van der Waals surface area contributed by atoms with Crippen LogP contribution in [-0.2, 0) is 4.79 Å². The van der Waals surface area contributed by atoms with Crippen molar-refractivity contribution in [2.75, 3.05) is 11.1 Å². The summed E-state index contributed by atoms with van der Waals surface area (Å²) in [5, 5.41) is 3.49. The second kappa shape index (κ2) is 6.17. The van der Waals surface area contributed by atoms with Gasteiger partial charge in [0.2, 0.25) is 5.91 Å². The van der Waals surface area contributed by atoms with Gasteiger partial charge in [0.1, 0.15) is 0 Å². The number of hydrogen-bond donors (Lipinski definition) is 1. The third-order valence-electron chi connectivity index (χ3n) is 3.37. The van der Waals surface area contributed by atoms with E-state index in [9.17, 15) is 9.59 Å². The van der Waals surface area contributed by atoms with E-state index in [4.69, 9.17) is 0 Å². The largest absolute Gasteiger partial charge is 0.367 e. The van der Waals surface area contributed by atoms with E-state index in [1.165, 1.54) is 11.8 Å². The lowest BCUT2D eigenvalue weighted by Crippen LogP contribution is -2.24. The summed E-state index contributed by atoms with van der Waals surface area (Å²) in [5.41, 5.74) is 1.58. The minimum absolute atomic E-state index is 0.134. The summed E-state index contributed by atoms with van der Waals surface area (Å²) in [6, 6.07) is 3.09. The van der Waals surface area contributed by atoms with E-state index in [2.05, 4.69) is 20.3 Å². The van der Waals surface area contributed by atoms with Gasteiger partial charge in [0.05, 0.1) is 22.7 Å². The first-order valence-electron chi connectivity index (χ1n) is 6.75. The van der Waals surface area contributed by atoms with E-state index in [0.717, 1.165) is 30.0 Å². The fourth-order valence-corrected chi connectivity index (χ4v) is 3.40. The lowest BCUT2D eigenvalue weighted by Gasteiger charge is -2.16. The van der Waals surface area contributed by atoms with E-state index in [1.54, 1.807) is 24.5 Å². The number of nitrogens with zero attached hydrogens (tertiary/aromatic N) is 3. The van der Waals surface area contributed by atoms with Crippen molar-refractivity contribution in [1.29, 1.82) is 0 Å². The highest BCUT2D eigenvalue weighted by molar-refractivity contribution is 8.14. The highest BCUT2D eigenvalue weighted by Crippen LogP contribution is 2.31. The molecule has 1 fully saturated rings. The van der Waals surface area contributed by atoms with E-state index < -0.39 is 6.03 Å². The Hall–Kier alpha value is -2.02. The summed E-state index contributed by atoms with van der Waals surface area (Å²) in [5.74, 6) is 0.231. The highest BCUT2D eigenvalue weighted by atomic mass is 32.2. The zero-order valence-corrected chi connectivity index (χ0v) is 12.1. The second-order valence-corrected chi connectivity index (χ2v) is 5.85. The maximum absolute atomic E-state index is 11.9. The molecule has 0 radical (unpaired) electrons. The number of aliphatic imine (C=N–C) groups is 2. The molecule has 2 aliphatic rings. The van der Waals surface area contributed by atoms with Crippen LogP contribution in [0, 0.1) is 5.92 Å². The number of urea groups is 1. The molecular formula is C14H14N4O2S. The van der Waals surface area contributed by atoms with Crippen molar-refractivity contribution in [3.05, 3.63) is 24.5 Å². The van der Waals surface area contributed by atoms with Gasteiger partial charge < -0.3 is 5.32 Å². The van der Waals surface area contributed by atoms with Crippen LogP contribution in [-0.4, -0.2) is 33.4 Å². The molecule has 1 aliphatic heterocycles. The maximum atomic E-state index is 11.9. The molecule has 3 rings (SSSR count). The molecular weight excluding hydrogens is 288 g/mol. The van der Waals surface area contributed by atoms with Gasteiger partial charge in [-0.25, -0.2) is 9.79 Å². The van der Waals surface area contributed by atoms with Gasteiger partial charge in [-0.2, -0.15) is 4.99 Å². The zero-order chi connectivity index (χ0) is 14.7. The highest BCUT2D eigenvalue weighted by Gasteiger charge is 2.32. The Balaban J connectivity index is 1.57. The molecule has 1 saturated carbocycles. The molecule has 0 bridgehead atoms. The van der Waals surface area contributed by atoms with Crippen molar-refractivity contribution in [2.24, 2.45) is 15.9 Å². The Morgan fingerprint density at radius 1 is 1.43 bits per heavy atom. The monoisotopic (exact) mass is 302 g/mol. The number of amides is 3. The van der Waals surface area contributed by atoms with Gasteiger partial charge in [-0.1, -0.05) is 11.8 Å². The fourth-order valence-electron chi connectivity index (χ4n) is 2.45. The van der Waals surface area contributed by atoms with Crippen LogP contribution >= 0.6 is 11.8 Å². The smallest absolute Gasteiger partial charge is 0.324 e. The van der Waals surface area contributed by atoms with Crippen LogP contribution in [0.15, 0.2) is 34.5 Å². The standard InChI is InChI=1S/C14H14N4O2S/c19-12(16-9-3-2-6-15-7-9)8-21-13-10-4-1-5-11(10)17-14(20)18-13/h2-3,6-7,10H,1,4-5,8H2,(H,16,19). The van der Waals surface area contributed by atoms with Gasteiger partial charge in [-0.15, -0.1) is 0 Å². The molecule has 1 atom stereocenters. The van der Waals surface area contributed by atoms with Crippen molar-refractivity contribution in [3.8, 4) is 0 Å². The number of fused-ring (bicyclic) bond motifs is 1. The molecule has 2 heterocycles. The van der Waals surface area contributed by atoms with Crippen molar-refractivity contribution in [3.63, 3.8) is 0 Å². The number of anilines is 1. The summed E-state index contributed by atoms with van der Waals surface area (Å²) in [4.78, 5) is 35.2. The topological polar surface area (TPSA) is 83.8 Å². The molecule has 3 amide bonds. The first kappa shape index (κ1) is 13.9. The number of carbonyl (C=O) groups excluding carboxylic acids is 2. The van der Waals surface area contributed by atoms with Crippen molar-refractivity contribution in [1.82, 2.24) is 4.98 Å². The predicted molar refractivity (Wildman–Crippen MR) is 82.9 cm³/mol. The van der Waals surface area contributed by atoms with Gasteiger partial charge in [0, 0.05) is 17.8 Å². The Bertz CT molecular complexity index is 627. The number of aromatic nitrogens is 1. The van der Waals surface area contributed by atoms with Crippen LogP contribution < -0.4 is 5.32 Å². The van der Waals surface area contributed by atoms with Crippen molar-refractivity contribution < 1.29 is 9.59 Å². The minimum atomic E-state index is -0.446. The lowest BCUT2D eigenvalue weighted by atomic mass is 10.1. The van der Waals surface area contributed by atoms with E-state index >= 15 is 0 Å². The van der Waals surface area contributed by atoms with E-state index in [0.29, 0.717) is 5.69 Å². The molecule has 21 heavy (non-hydrogen) atoms. The predicted octanol–water partition coefficient (Wildman–Crippen LogP) is 2.53. The number of carbonyl (C=O) groups is 2. The van der Waals surface area contributed by atoms with Crippen LogP contribution in [0.1, 0.15) is 19.3 Å². The number of nitrogens with one attached hydrogen (secondary N) is 1. The van der Waals surface area contributed by atoms with Crippen LogP contribution in [0.5, 0.6) is 0 Å². The SMILES string of the molecule is O=C1N=C2CCCC2C(SCC(=O)Nc2cccnc2)=N1. The molecule has 1 aliphatic carbocycles. The third kappa shape index (κ3) is 3.36. The van der Waals surface area contributed by atoms with E-state index in [-0.39, 0.29) is 17.6 Å². The van der Waals surface area contributed by atoms with Gasteiger partial charge in [-0.05, 0) is 31.4 Å². The number of hydrogen-bond acceptors (Lipinski definition) is 4. The minimum Gasteiger partial charge on any atom is -0.324 e. The molecule has 0 spiro atoms. The zero-order valence-electron chi connectivity index (χ0n) is 11.3. The molecule has 0 saturated heterocycles. The average molecular weight is 302 g/mol. The maximum Gasteiger partial charge on any atom is 0.367 e. The molecule has 1 unspecified atom stereocenters. The first-order chi connectivity index (χ1) is 10.2. The Kier molecular flexibility index (Phi) is 4.10. The van der Waals surface area contributed by atoms with Crippen LogP contribution in [0.25, 0.3) is 0 Å². The number of pyridine rings is 1. The first-order valence-corrected chi connectivity index (χ1v) is 7.73. The Labute approximate surface area is 126 Å². The normalized spacial score (nSPS) is 20.6. The van der Waals surface area contributed by atoms with Gasteiger partial charge in [0.15, 0.2) is 0 Å². The fraction of sp³-hybridized carbons (Fsp3) is 0.357. The van der Waals surface area contributed by atoms with Crippen LogP contribution in [0.2, 0.25) is 0 Å². The molecule has 1 aromatic heterocycles. The quantitative estimate of drug-likeness (QED) is 0.930. The van der Waals surface area contributed by atoms with Gasteiger partial charge >= 0.3 is 6.03 Å². The lowest BCUT2D eigenvalue weighted by molar-refractivity contribution is -0.113. The molecule has 6 nitrogen and oxygen atoms in total. The molecule has 1 aromatic rings. The molecule has 7 heteroatoms. The van der Waals surface area contributed by atoms with Gasteiger partial charge in [-0.3, -0.25) is 9.78 Å². The van der Waals surface area contributed by atoms with Crippen molar-refractivity contribution >= 4 is 40.1 Å². The molecule has 108 valence electrons. The Morgan fingerprint density at radius 2 is 2.33 bits per heavy atom. The van der Waals surface area contributed by atoms with E-state index in [1.807, 2.05) is 0 Å². The summed E-state index contributed by atoms with van der Waals surface area (Å²) in [6.07, 6.45) is 6.08. The summed E-state index contributed by atoms with van der Waals surface area (Å²) in [7, 11) is 0. The van der Waals surface area contributed by atoms with Crippen molar-refractivity contribution in [2.45, 2.75) is 19.3 Å². The number of rotatable bonds is 3. The summed E-state index contributed by atoms with van der Waals surface area (Å²) < 4.78 is 0. The van der Waals surface area contributed by atoms with Gasteiger partial charge in [0.25, 0.3) is 0 Å². The molecule has 1 N–H and O–H groups in total. The molecule has 0 aromatic carbocycles. The summed E-state index contributed by atoms with van der Waals surface area (Å²) >= 11 is 1.32.